The second-order valence-electron chi connectivity index (χ2n) is 6.57. The molecule has 0 radical (unpaired) electrons. The predicted molar refractivity (Wildman–Crippen MR) is 92.8 cm³/mol. The van der Waals surface area contributed by atoms with Crippen molar-refractivity contribution < 1.29 is 27.2 Å². The molecule has 0 fully saturated rings. The van der Waals surface area contributed by atoms with Gasteiger partial charge in [0, 0.05) is 0 Å². The van der Waals surface area contributed by atoms with E-state index < -0.39 is 29.6 Å². The van der Waals surface area contributed by atoms with Gasteiger partial charge in [0.15, 0.2) is 0 Å². The molecule has 1 atom stereocenters. The lowest BCUT2D eigenvalue weighted by Crippen LogP contribution is -2.39. The zero-order chi connectivity index (χ0) is 20.0. The van der Waals surface area contributed by atoms with E-state index in [0.717, 1.165) is 12.1 Å². The Hall–Kier alpha value is -2.77. The summed E-state index contributed by atoms with van der Waals surface area (Å²) in [5.41, 5.74) is -0.122. The van der Waals surface area contributed by atoms with Gasteiger partial charge in [-0.15, -0.1) is 0 Å². The molecule has 0 aliphatic carbocycles. The van der Waals surface area contributed by atoms with E-state index in [1.54, 1.807) is 6.07 Å². The minimum absolute atomic E-state index is 0.144. The van der Waals surface area contributed by atoms with E-state index in [9.17, 15) is 22.8 Å². The van der Waals surface area contributed by atoms with Gasteiger partial charge in [0.25, 0.3) is 5.91 Å². The lowest BCUT2D eigenvalue weighted by Gasteiger charge is -2.22. The van der Waals surface area contributed by atoms with E-state index in [4.69, 9.17) is 4.42 Å². The highest BCUT2D eigenvalue weighted by molar-refractivity contribution is 5.96. The summed E-state index contributed by atoms with van der Waals surface area (Å²) in [4.78, 5) is 24.0. The number of furan rings is 1. The zero-order valence-corrected chi connectivity index (χ0v) is 15.0. The Morgan fingerprint density at radius 2 is 1.93 bits per heavy atom. The minimum Gasteiger partial charge on any atom is -0.472 e. The molecule has 146 valence electrons. The van der Waals surface area contributed by atoms with Crippen LogP contribution in [0.15, 0.2) is 47.3 Å². The van der Waals surface area contributed by atoms with Crippen LogP contribution in [0.5, 0.6) is 0 Å². The molecule has 5 nitrogen and oxygen atoms in total. The molecule has 8 heteroatoms. The van der Waals surface area contributed by atoms with Crippen LogP contribution < -0.4 is 10.6 Å². The van der Waals surface area contributed by atoms with Crippen molar-refractivity contribution >= 4 is 11.8 Å². The minimum atomic E-state index is -4.46. The summed E-state index contributed by atoms with van der Waals surface area (Å²) in [6.45, 7) is 3.53. The van der Waals surface area contributed by atoms with Crippen molar-refractivity contribution in [1.29, 1.82) is 0 Å². The van der Waals surface area contributed by atoms with Gasteiger partial charge in [-0.1, -0.05) is 26.0 Å². The summed E-state index contributed by atoms with van der Waals surface area (Å²) in [5.74, 6) is -0.821. The molecule has 1 heterocycles. The van der Waals surface area contributed by atoms with Crippen LogP contribution in [-0.2, 0) is 11.0 Å². The third kappa shape index (κ3) is 6.16. The second-order valence-corrected chi connectivity index (χ2v) is 6.57. The number of rotatable bonds is 7. The molecule has 0 aliphatic heterocycles. The third-order valence-electron chi connectivity index (χ3n) is 3.85. The van der Waals surface area contributed by atoms with Crippen LogP contribution in [0.1, 0.15) is 47.8 Å². The lowest BCUT2D eigenvalue weighted by atomic mass is 9.95. The van der Waals surface area contributed by atoms with Crippen molar-refractivity contribution in [3.05, 3.63) is 59.5 Å². The summed E-state index contributed by atoms with van der Waals surface area (Å²) in [6, 6.07) is 5.76. The highest BCUT2D eigenvalue weighted by Crippen LogP contribution is 2.32. The van der Waals surface area contributed by atoms with Crippen LogP contribution in [0.2, 0.25) is 0 Å². The first-order chi connectivity index (χ1) is 12.7. The zero-order valence-electron chi connectivity index (χ0n) is 15.0. The molecule has 1 aromatic carbocycles. The molecular weight excluding hydrogens is 361 g/mol. The summed E-state index contributed by atoms with van der Waals surface area (Å²) in [5, 5.41) is 5.14. The molecule has 1 aromatic heterocycles. The average molecular weight is 382 g/mol. The van der Waals surface area contributed by atoms with Gasteiger partial charge in [0.2, 0.25) is 5.91 Å². The van der Waals surface area contributed by atoms with Crippen molar-refractivity contribution in [2.75, 3.05) is 6.54 Å². The number of carbonyl (C=O) groups is 2. The van der Waals surface area contributed by atoms with Crippen molar-refractivity contribution in [3.8, 4) is 0 Å². The maximum Gasteiger partial charge on any atom is 0.416 e. The number of alkyl halides is 3. The van der Waals surface area contributed by atoms with Crippen LogP contribution in [0.3, 0.4) is 0 Å². The summed E-state index contributed by atoms with van der Waals surface area (Å²) >= 11 is 0. The molecule has 0 bridgehead atoms. The maximum atomic E-state index is 13.0. The number of hydrogen-bond donors (Lipinski definition) is 2. The van der Waals surface area contributed by atoms with Crippen LogP contribution in [0, 0.1) is 5.92 Å². The van der Waals surface area contributed by atoms with Gasteiger partial charge in [-0.2, -0.15) is 13.2 Å². The Balaban J connectivity index is 2.05. The average Bonchev–Trinajstić information content (AvgIpc) is 3.13. The SMILES string of the molecule is CC(C)CC(NC(=O)CNC(=O)c1ccoc1)c1cccc(C(F)(F)F)c1. The number of carbonyl (C=O) groups excluding carboxylic acids is 2. The highest BCUT2D eigenvalue weighted by atomic mass is 19.4. The molecule has 2 aromatic rings. The largest absolute Gasteiger partial charge is 0.472 e. The summed E-state index contributed by atoms with van der Waals surface area (Å²) in [7, 11) is 0. The second kappa shape index (κ2) is 8.75. The standard InChI is InChI=1S/C19H21F3N2O3/c1-12(2)8-16(13-4-3-5-15(9-13)19(20,21)22)24-17(25)10-23-18(26)14-6-7-27-11-14/h3-7,9,11-12,16H,8,10H2,1-2H3,(H,23,26)(H,24,25). The fourth-order valence-electron chi connectivity index (χ4n) is 2.58. The third-order valence-corrected chi connectivity index (χ3v) is 3.85. The van der Waals surface area contributed by atoms with E-state index in [0.29, 0.717) is 12.0 Å². The first-order valence-corrected chi connectivity index (χ1v) is 8.43. The van der Waals surface area contributed by atoms with Crippen molar-refractivity contribution in [3.63, 3.8) is 0 Å². The number of halogens is 3. The summed E-state index contributed by atoms with van der Waals surface area (Å²) in [6.07, 6.45) is -1.41. The Morgan fingerprint density at radius 1 is 1.19 bits per heavy atom. The Morgan fingerprint density at radius 3 is 2.52 bits per heavy atom. The number of hydrogen-bond acceptors (Lipinski definition) is 3. The van der Waals surface area contributed by atoms with Crippen LogP contribution >= 0.6 is 0 Å². The molecule has 0 saturated heterocycles. The number of nitrogens with one attached hydrogen (secondary N) is 2. The molecule has 2 rings (SSSR count). The number of amides is 2. The smallest absolute Gasteiger partial charge is 0.416 e. The fourth-order valence-corrected chi connectivity index (χ4v) is 2.58. The predicted octanol–water partition coefficient (Wildman–Crippen LogP) is 3.93. The monoisotopic (exact) mass is 382 g/mol. The molecule has 2 N–H and O–H groups in total. The molecule has 27 heavy (non-hydrogen) atoms. The van der Waals surface area contributed by atoms with E-state index in [1.807, 2.05) is 13.8 Å². The van der Waals surface area contributed by atoms with E-state index in [-0.39, 0.29) is 18.0 Å². The lowest BCUT2D eigenvalue weighted by molar-refractivity contribution is -0.137. The fraction of sp³-hybridized carbons (Fsp3) is 0.368. The van der Waals surface area contributed by atoms with Crippen LogP contribution in [-0.4, -0.2) is 18.4 Å². The van der Waals surface area contributed by atoms with Crippen molar-refractivity contribution in [2.45, 2.75) is 32.5 Å². The van der Waals surface area contributed by atoms with Crippen LogP contribution in [0.25, 0.3) is 0 Å². The van der Waals surface area contributed by atoms with Crippen molar-refractivity contribution in [1.82, 2.24) is 10.6 Å². The topological polar surface area (TPSA) is 71.3 Å². The highest BCUT2D eigenvalue weighted by Gasteiger charge is 2.31. The molecule has 1 unspecified atom stereocenters. The molecule has 0 aliphatic rings. The van der Waals surface area contributed by atoms with Gasteiger partial charge in [-0.25, -0.2) is 0 Å². The van der Waals surface area contributed by atoms with Gasteiger partial charge >= 0.3 is 6.18 Å². The van der Waals surface area contributed by atoms with Gasteiger partial charge < -0.3 is 15.1 Å². The van der Waals surface area contributed by atoms with Gasteiger partial charge in [-0.3, -0.25) is 9.59 Å². The van der Waals surface area contributed by atoms with Gasteiger partial charge in [0.1, 0.15) is 6.26 Å². The summed E-state index contributed by atoms with van der Waals surface area (Å²) < 4.78 is 43.7. The maximum absolute atomic E-state index is 13.0. The van der Waals surface area contributed by atoms with E-state index in [1.165, 1.54) is 24.7 Å². The van der Waals surface area contributed by atoms with Gasteiger partial charge in [-0.05, 0) is 36.1 Å². The van der Waals surface area contributed by atoms with E-state index in [2.05, 4.69) is 10.6 Å². The Kier molecular flexibility index (Phi) is 6.65. The molecule has 0 spiro atoms. The van der Waals surface area contributed by atoms with Crippen LogP contribution in [0.4, 0.5) is 13.2 Å². The molecule has 2 amide bonds. The first-order valence-electron chi connectivity index (χ1n) is 8.43. The Labute approximate surface area is 154 Å². The number of benzene rings is 1. The van der Waals surface area contributed by atoms with Crippen molar-refractivity contribution in [2.24, 2.45) is 5.92 Å². The Bertz CT molecular complexity index is 771. The first kappa shape index (κ1) is 20.5. The normalized spacial score (nSPS) is 12.7. The molecule has 0 saturated carbocycles. The van der Waals surface area contributed by atoms with Gasteiger partial charge in [0.05, 0.1) is 30.0 Å². The molecular formula is C19H21F3N2O3. The quantitative estimate of drug-likeness (QED) is 0.762. The van der Waals surface area contributed by atoms with E-state index >= 15 is 0 Å².